The highest BCUT2D eigenvalue weighted by Gasteiger charge is 2.48. The maximum Gasteiger partial charge on any atom is 0.151 e. The molecule has 3 heteroatoms. The molecule has 70 valence electrons. The van der Waals surface area contributed by atoms with Gasteiger partial charge in [-0.1, -0.05) is 25.4 Å². The fraction of sp³-hybridized carbons (Fsp3) is 0.600. The molecule has 0 aliphatic heterocycles. The van der Waals surface area contributed by atoms with E-state index < -0.39 is 0 Å². The first-order valence-electron chi connectivity index (χ1n) is 4.50. The Morgan fingerprint density at radius 1 is 1.46 bits per heavy atom. The Morgan fingerprint density at radius 2 is 2.08 bits per heavy atom. The van der Waals surface area contributed by atoms with Crippen LogP contribution < -0.4 is 0 Å². The molecule has 1 aromatic heterocycles. The maximum absolute atomic E-state index is 5.74. The Labute approximate surface area is 83.3 Å². The molecule has 0 saturated heterocycles. The maximum atomic E-state index is 5.74. The minimum Gasteiger partial charge on any atom is -0.154 e. The highest BCUT2D eigenvalue weighted by molar-refractivity contribution is 6.29. The lowest BCUT2D eigenvalue weighted by Gasteiger charge is -2.05. The Balaban J connectivity index is 2.33. The van der Waals surface area contributed by atoms with E-state index in [1.807, 2.05) is 13.0 Å². The average Bonchev–Trinajstić information content (AvgIpc) is 2.59. The van der Waals surface area contributed by atoms with Gasteiger partial charge in [-0.05, 0) is 30.4 Å². The zero-order valence-corrected chi connectivity index (χ0v) is 8.89. The molecule has 0 N–H and O–H groups in total. The first kappa shape index (κ1) is 8.95. The average molecular weight is 197 g/mol. The molecule has 0 bridgehead atoms. The fourth-order valence-electron chi connectivity index (χ4n) is 1.74. The highest BCUT2D eigenvalue weighted by atomic mass is 35.5. The summed E-state index contributed by atoms with van der Waals surface area (Å²) in [5.74, 6) is 0.581. The third-order valence-electron chi connectivity index (χ3n) is 2.84. The molecule has 0 spiro atoms. The molecule has 1 atom stereocenters. The van der Waals surface area contributed by atoms with Crippen LogP contribution in [0.3, 0.4) is 0 Å². The van der Waals surface area contributed by atoms with E-state index in [4.69, 9.17) is 11.6 Å². The SMILES string of the molecule is Cc1cc(Cl)nnc1C1CC1(C)C. The van der Waals surface area contributed by atoms with Gasteiger partial charge in [-0.15, -0.1) is 5.10 Å². The van der Waals surface area contributed by atoms with Crippen molar-refractivity contribution in [1.29, 1.82) is 0 Å². The molecule has 0 amide bonds. The summed E-state index contributed by atoms with van der Waals surface area (Å²) in [6, 6.07) is 1.89. The number of aromatic nitrogens is 2. The van der Waals surface area contributed by atoms with Gasteiger partial charge in [0.25, 0.3) is 0 Å². The predicted molar refractivity (Wildman–Crippen MR) is 52.9 cm³/mol. The van der Waals surface area contributed by atoms with Crippen molar-refractivity contribution in [1.82, 2.24) is 10.2 Å². The van der Waals surface area contributed by atoms with Crippen LogP contribution in [-0.2, 0) is 0 Å². The molecular formula is C10H13ClN2. The molecule has 1 saturated carbocycles. The number of nitrogens with zero attached hydrogens (tertiary/aromatic N) is 2. The summed E-state index contributed by atoms with van der Waals surface area (Å²) in [4.78, 5) is 0. The van der Waals surface area contributed by atoms with Crippen LogP contribution in [0.1, 0.15) is 37.4 Å². The van der Waals surface area contributed by atoms with Crippen molar-refractivity contribution >= 4 is 11.6 Å². The Bertz CT molecular complexity index is 347. The lowest BCUT2D eigenvalue weighted by Crippen LogP contribution is -1.98. The summed E-state index contributed by atoms with van der Waals surface area (Å²) in [6.07, 6.45) is 1.21. The van der Waals surface area contributed by atoms with E-state index >= 15 is 0 Å². The zero-order valence-electron chi connectivity index (χ0n) is 8.13. The van der Waals surface area contributed by atoms with E-state index in [0.29, 0.717) is 16.5 Å². The van der Waals surface area contributed by atoms with Gasteiger partial charge < -0.3 is 0 Å². The van der Waals surface area contributed by atoms with Gasteiger partial charge in [0.05, 0.1) is 5.69 Å². The molecule has 1 unspecified atom stereocenters. The van der Waals surface area contributed by atoms with Gasteiger partial charge in [0.1, 0.15) is 0 Å². The van der Waals surface area contributed by atoms with E-state index in [1.165, 1.54) is 6.42 Å². The molecule has 1 aliphatic rings. The first-order valence-corrected chi connectivity index (χ1v) is 4.88. The minimum absolute atomic E-state index is 0.410. The molecule has 2 rings (SSSR count). The predicted octanol–water partition coefficient (Wildman–Crippen LogP) is 2.95. The zero-order chi connectivity index (χ0) is 9.64. The minimum atomic E-state index is 0.410. The van der Waals surface area contributed by atoms with Crippen molar-refractivity contribution in [3.8, 4) is 0 Å². The molecule has 13 heavy (non-hydrogen) atoms. The van der Waals surface area contributed by atoms with E-state index in [9.17, 15) is 0 Å². The van der Waals surface area contributed by atoms with Crippen LogP contribution in [0.15, 0.2) is 6.07 Å². The largest absolute Gasteiger partial charge is 0.154 e. The van der Waals surface area contributed by atoms with Gasteiger partial charge in [0, 0.05) is 5.92 Å². The molecule has 1 fully saturated rings. The molecule has 0 radical (unpaired) electrons. The number of rotatable bonds is 1. The van der Waals surface area contributed by atoms with Crippen molar-refractivity contribution in [2.24, 2.45) is 5.41 Å². The van der Waals surface area contributed by atoms with E-state index in [2.05, 4.69) is 24.0 Å². The summed E-state index contributed by atoms with van der Waals surface area (Å²) in [6.45, 7) is 6.56. The Hall–Kier alpha value is -0.630. The topological polar surface area (TPSA) is 25.8 Å². The summed E-state index contributed by atoms with van der Waals surface area (Å²) >= 11 is 5.74. The van der Waals surface area contributed by atoms with E-state index in [0.717, 1.165) is 11.3 Å². The first-order chi connectivity index (χ1) is 6.00. The fourth-order valence-corrected chi connectivity index (χ4v) is 1.94. The third-order valence-corrected chi connectivity index (χ3v) is 3.02. The smallest absolute Gasteiger partial charge is 0.151 e. The number of hydrogen-bond acceptors (Lipinski definition) is 2. The van der Waals surface area contributed by atoms with Crippen LogP contribution in [0.5, 0.6) is 0 Å². The highest BCUT2D eigenvalue weighted by Crippen LogP contribution is 2.58. The molecule has 0 aromatic carbocycles. The van der Waals surface area contributed by atoms with Gasteiger partial charge in [0.15, 0.2) is 5.15 Å². The Kier molecular flexibility index (Phi) is 1.84. The van der Waals surface area contributed by atoms with Crippen LogP contribution >= 0.6 is 11.6 Å². The van der Waals surface area contributed by atoms with Crippen LogP contribution in [0, 0.1) is 12.3 Å². The second-order valence-electron chi connectivity index (χ2n) is 4.48. The van der Waals surface area contributed by atoms with E-state index in [-0.39, 0.29) is 0 Å². The lowest BCUT2D eigenvalue weighted by atomic mass is 10.1. The van der Waals surface area contributed by atoms with Crippen molar-refractivity contribution in [3.05, 3.63) is 22.5 Å². The second kappa shape index (κ2) is 2.68. The Morgan fingerprint density at radius 3 is 2.54 bits per heavy atom. The molecule has 2 nitrogen and oxygen atoms in total. The van der Waals surface area contributed by atoms with Crippen molar-refractivity contribution < 1.29 is 0 Å². The van der Waals surface area contributed by atoms with Crippen LogP contribution in [0.2, 0.25) is 5.15 Å². The summed E-state index contributed by atoms with van der Waals surface area (Å²) in [5, 5.41) is 8.52. The van der Waals surface area contributed by atoms with Crippen molar-refractivity contribution in [3.63, 3.8) is 0 Å². The third kappa shape index (κ3) is 1.55. The molecule has 1 aromatic rings. The second-order valence-corrected chi connectivity index (χ2v) is 4.87. The number of hydrogen-bond donors (Lipinski definition) is 0. The number of aryl methyl sites for hydroxylation is 1. The van der Waals surface area contributed by atoms with Crippen LogP contribution in [0.4, 0.5) is 0 Å². The lowest BCUT2D eigenvalue weighted by molar-refractivity contribution is 0.610. The van der Waals surface area contributed by atoms with Crippen molar-refractivity contribution in [2.75, 3.05) is 0 Å². The van der Waals surface area contributed by atoms with Crippen molar-refractivity contribution in [2.45, 2.75) is 33.1 Å². The summed E-state index contributed by atoms with van der Waals surface area (Å²) in [5.41, 5.74) is 2.69. The van der Waals surface area contributed by atoms with Gasteiger partial charge >= 0.3 is 0 Å². The monoisotopic (exact) mass is 196 g/mol. The number of halogens is 1. The normalized spacial score (nSPS) is 24.5. The van der Waals surface area contributed by atoms with Gasteiger partial charge in [-0.2, -0.15) is 5.10 Å². The van der Waals surface area contributed by atoms with Crippen LogP contribution in [0.25, 0.3) is 0 Å². The summed E-state index contributed by atoms with van der Waals surface area (Å²) in [7, 11) is 0. The van der Waals surface area contributed by atoms with Crippen LogP contribution in [-0.4, -0.2) is 10.2 Å². The van der Waals surface area contributed by atoms with Gasteiger partial charge in [-0.25, -0.2) is 0 Å². The standard InChI is InChI=1S/C10H13ClN2/c1-6-4-8(11)12-13-9(6)7-5-10(7,2)3/h4,7H,5H2,1-3H3. The summed E-state index contributed by atoms with van der Waals surface area (Å²) < 4.78 is 0. The molecular weight excluding hydrogens is 184 g/mol. The van der Waals surface area contributed by atoms with Gasteiger partial charge in [-0.3, -0.25) is 0 Å². The molecule has 1 aliphatic carbocycles. The van der Waals surface area contributed by atoms with E-state index in [1.54, 1.807) is 0 Å². The van der Waals surface area contributed by atoms with Gasteiger partial charge in [0.2, 0.25) is 0 Å². The quantitative estimate of drug-likeness (QED) is 0.690. The molecule has 1 heterocycles.